The average Bonchev–Trinajstić information content (AvgIpc) is 3.17. The standard InChI is InChI=1S/C25H15ClN2O3S/c26-15-7-5-6-14(12-15)25(29)30-19-10-3-1-8-16(19)21-18(13-27)24(28)31-22-17-9-2-4-11-20(17)32-23(21)22/h1-12,21H,28H2/t21-/m0/s1. The summed E-state index contributed by atoms with van der Waals surface area (Å²) in [6.07, 6.45) is 0. The van der Waals surface area contributed by atoms with Gasteiger partial charge in [0.05, 0.1) is 16.4 Å². The van der Waals surface area contributed by atoms with Crippen molar-refractivity contribution in [2.45, 2.75) is 5.92 Å². The van der Waals surface area contributed by atoms with Gasteiger partial charge in [0, 0.05) is 20.7 Å². The first-order valence-corrected chi connectivity index (χ1v) is 10.9. The number of rotatable bonds is 3. The molecule has 1 aliphatic heterocycles. The Balaban J connectivity index is 1.64. The van der Waals surface area contributed by atoms with E-state index in [0.29, 0.717) is 27.6 Å². The van der Waals surface area contributed by atoms with Gasteiger partial charge in [-0.1, -0.05) is 48.0 Å². The number of nitriles is 1. The minimum atomic E-state index is -0.543. The molecule has 0 radical (unpaired) electrons. The molecule has 0 amide bonds. The van der Waals surface area contributed by atoms with E-state index >= 15 is 0 Å². The van der Waals surface area contributed by atoms with Gasteiger partial charge in [0.2, 0.25) is 5.88 Å². The number of hydrogen-bond donors (Lipinski definition) is 1. The van der Waals surface area contributed by atoms with Crippen molar-refractivity contribution in [2.24, 2.45) is 5.73 Å². The molecule has 2 heterocycles. The number of fused-ring (bicyclic) bond motifs is 3. The van der Waals surface area contributed by atoms with Crippen LogP contribution in [-0.2, 0) is 0 Å². The Labute approximate surface area is 192 Å². The lowest BCUT2D eigenvalue weighted by Crippen LogP contribution is -2.20. The second kappa shape index (κ2) is 8.04. The number of benzene rings is 3. The Hall–Kier alpha value is -3.79. The molecular weight excluding hydrogens is 444 g/mol. The highest BCUT2D eigenvalue weighted by atomic mass is 35.5. The third-order valence-corrected chi connectivity index (χ3v) is 6.67. The van der Waals surface area contributed by atoms with Crippen LogP contribution in [-0.4, -0.2) is 5.97 Å². The van der Waals surface area contributed by atoms with E-state index in [9.17, 15) is 10.1 Å². The van der Waals surface area contributed by atoms with E-state index in [4.69, 9.17) is 26.8 Å². The molecule has 5 rings (SSSR count). The predicted octanol–water partition coefficient (Wildman–Crippen LogP) is 5.99. The third-order valence-electron chi connectivity index (χ3n) is 5.22. The van der Waals surface area contributed by atoms with E-state index in [1.807, 2.05) is 36.4 Å². The number of hydrogen-bond acceptors (Lipinski definition) is 6. The molecule has 0 saturated carbocycles. The molecule has 5 nitrogen and oxygen atoms in total. The maximum Gasteiger partial charge on any atom is 0.343 e. The predicted molar refractivity (Wildman–Crippen MR) is 124 cm³/mol. The highest BCUT2D eigenvalue weighted by Gasteiger charge is 2.35. The Morgan fingerprint density at radius 1 is 1.09 bits per heavy atom. The summed E-state index contributed by atoms with van der Waals surface area (Å²) in [6.45, 7) is 0. The van der Waals surface area contributed by atoms with Crippen LogP contribution in [0.3, 0.4) is 0 Å². The van der Waals surface area contributed by atoms with Gasteiger partial charge in [0.15, 0.2) is 5.75 Å². The largest absolute Gasteiger partial charge is 0.439 e. The summed E-state index contributed by atoms with van der Waals surface area (Å²) in [5, 5.41) is 11.3. The first-order valence-electron chi connectivity index (χ1n) is 9.72. The lowest BCUT2D eigenvalue weighted by atomic mass is 9.87. The number of ether oxygens (including phenoxy) is 2. The molecule has 0 fully saturated rings. The molecule has 156 valence electrons. The highest BCUT2D eigenvalue weighted by molar-refractivity contribution is 7.19. The van der Waals surface area contributed by atoms with Crippen molar-refractivity contribution in [1.82, 2.24) is 0 Å². The average molecular weight is 459 g/mol. The van der Waals surface area contributed by atoms with Gasteiger partial charge in [-0.3, -0.25) is 0 Å². The van der Waals surface area contributed by atoms with Crippen LogP contribution in [0.4, 0.5) is 0 Å². The molecule has 1 aromatic heterocycles. The molecule has 0 aliphatic carbocycles. The van der Waals surface area contributed by atoms with Crippen LogP contribution < -0.4 is 15.2 Å². The Kier molecular flexibility index (Phi) is 5.06. The summed E-state index contributed by atoms with van der Waals surface area (Å²) in [5.41, 5.74) is 7.41. The molecular formula is C25H15ClN2O3S. The zero-order chi connectivity index (χ0) is 22.2. The minimum Gasteiger partial charge on any atom is -0.439 e. The first kappa shape index (κ1) is 20.1. The zero-order valence-electron chi connectivity index (χ0n) is 16.5. The number of allylic oxidation sites excluding steroid dienone is 1. The number of halogens is 1. The number of thiophene rings is 1. The quantitative estimate of drug-likeness (QED) is 0.301. The summed E-state index contributed by atoms with van der Waals surface area (Å²) < 4.78 is 12.6. The van der Waals surface area contributed by atoms with Gasteiger partial charge in [0.1, 0.15) is 17.4 Å². The van der Waals surface area contributed by atoms with E-state index in [0.717, 1.165) is 15.0 Å². The summed E-state index contributed by atoms with van der Waals surface area (Å²) >= 11 is 7.54. The van der Waals surface area contributed by atoms with Crippen LogP contribution >= 0.6 is 22.9 Å². The van der Waals surface area contributed by atoms with Gasteiger partial charge in [-0.15, -0.1) is 11.3 Å². The number of para-hydroxylation sites is 1. The van der Waals surface area contributed by atoms with Crippen molar-refractivity contribution in [1.29, 1.82) is 5.26 Å². The van der Waals surface area contributed by atoms with Gasteiger partial charge in [-0.25, -0.2) is 4.79 Å². The monoisotopic (exact) mass is 458 g/mol. The van der Waals surface area contributed by atoms with Crippen molar-refractivity contribution in [3.05, 3.63) is 105 Å². The third kappa shape index (κ3) is 3.38. The Morgan fingerprint density at radius 2 is 1.88 bits per heavy atom. The van der Waals surface area contributed by atoms with Crippen LogP contribution in [0.5, 0.6) is 11.5 Å². The lowest BCUT2D eigenvalue weighted by Gasteiger charge is -2.25. The molecule has 0 unspecified atom stereocenters. The summed E-state index contributed by atoms with van der Waals surface area (Å²) in [5.74, 6) is -0.0514. The fourth-order valence-corrected chi connectivity index (χ4v) is 5.23. The summed E-state index contributed by atoms with van der Waals surface area (Å²) in [7, 11) is 0. The van der Waals surface area contributed by atoms with Crippen LogP contribution in [0.1, 0.15) is 26.7 Å². The smallest absolute Gasteiger partial charge is 0.343 e. The second-order valence-corrected chi connectivity index (χ2v) is 8.67. The fourth-order valence-electron chi connectivity index (χ4n) is 3.78. The van der Waals surface area contributed by atoms with Crippen LogP contribution in [0.15, 0.2) is 84.3 Å². The number of carbonyl (C=O) groups excluding carboxylic acids is 1. The maximum atomic E-state index is 12.8. The van der Waals surface area contributed by atoms with E-state index < -0.39 is 11.9 Å². The molecule has 4 aromatic rings. The Bertz CT molecular complexity index is 1450. The van der Waals surface area contributed by atoms with E-state index in [2.05, 4.69) is 6.07 Å². The van der Waals surface area contributed by atoms with Crippen LogP contribution in [0.25, 0.3) is 10.1 Å². The van der Waals surface area contributed by atoms with Gasteiger partial charge < -0.3 is 15.2 Å². The van der Waals surface area contributed by atoms with Crippen molar-refractivity contribution < 1.29 is 14.3 Å². The van der Waals surface area contributed by atoms with Crippen molar-refractivity contribution in [3.63, 3.8) is 0 Å². The SMILES string of the molecule is N#CC1=C(N)Oc2c(sc3ccccc23)[C@H]1c1ccccc1OC(=O)c1cccc(Cl)c1. The molecule has 0 spiro atoms. The summed E-state index contributed by atoms with van der Waals surface area (Å²) in [4.78, 5) is 13.6. The highest BCUT2D eigenvalue weighted by Crippen LogP contribution is 2.51. The van der Waals surface area contributed by atoms with Gasteiger partial charge in [-0.2, -0.15) is 5.26 Å². The Morgan fingerprint density at radius 3 is 2.69 bits per heavy atom. The second-order valence-electron chi connectivity index (χ2n) is 7.15. The molecule has 7 heteroatoms. The van der Waals surface area contributed by atoms with Crippen molar-refractivity contribution in [3.8, 4) is 17.6 Å². The molecule has 3 aromatic carbocycles. The van der Waals surface area contributed by atoms with Crippen LogP contribution in [0, 0.1) is 11.3 Å². The first-order chi connectivity index (χ1) is 15.6. The number of esters is 1. The molecule has 2 N–H and O–H groups in total. The summed E-state index contributed by atoms with van der Waals surface area (Å²) in [6, 6.07) is 23.7. The lowest BCUT2D eigenvalue weighted by molar-refractivity contribution is 0.0733. The van der Waals surface area contributed by atoms with Gasteiger partial charge in [0.25, 0.3) is 0 Å². The zero-order valence-corrected chi connectivity index (χ0v) is 18.1. The molecule has 1 atom stereocenters. The maximum absolute atomic E-state index is 12.8. The number of nitrogens with two attached hydrogens (primary N) is 1. The van der Waals surface area contributed by atoms with Crippen molar-refractivity contribution in [2.75, 3.05) is 0 Å². The number of nitrogens with zero attached hydrogens (tertiary/aromatic N) is 1. The van der Waals surface area contributed by atoms with Crippen molar-refractivity contribution >= 4 is 39.0 Å². The number of carbonyl (C=O) groups is 1. The van der Waals surface area contributed by atoms with Gasteiger partial charge in [-0.05, 0) is 36.4 Å². The molecule has 1 aliphatic rings. The molecule has 32 heavy (non-hydrogen) atoms. The van der Waals surface area contributed by atoms with E-state index in [1.54, 1.807) is 36.4 Å². The normalized spacial score (nSPS) is 15.1. The van der Waals surface area contributed by atoms with E-state index in [-0.39, 0.29) is 11.5 Å². The topological polar surface area (TPSA) is 85.3 Å². The van der Waals surface area contributed by atoms with Gasteiger partial charge >= 0.3 is 5.97 Å². The van der Waals surface area contributed by atoms with E-state index in [1.165, 1.54) is 11.3 Å². The van der Waals surface area contributed by atoms with Crippen LogP contribution in [0.2, 0.25) is 5.02 Å². The minimum absolute atomic E-state index is 0.0459. The molecule has 0 bridgehead atoms. The molecule has 0 saturated heterocycles. The fraction of sp³-hybridized carbons (Fsp3) is 0.0400.